The zero-order valence-electron chi connectivity index (χ0n) is 5.03. The zero-order chi connectivity index (χ0) is 7.58. The molecule has 0 aromatic carbocycles. The first-order chi connectivity index (χ1) is 3.73. The Morgan fingerprint density at radius 3 is 1.20 bits per heavy atom. The first kappa shape index (κ1) is 32.0. The van der Waals surface area contributed by atoms with Gasteiger partial charge < -0.3 is 30.7 Å². The van der Waals surface area contributed by atoms with Crippen molar-refractivity contribution in [2.75, 3.05) is 0 Å². The summed E-state index contributed by atoms with van der Waals surface area (Å²) in [6, 6.07) is 0. The van der Waals surface area contributed by atoms with Crippen LogP contribution in [0, 0.1) is 0 Å². The maximum Gasteiger partial charge on any atom is 0.247 e. The molecule has 10 heavy (non-hydrogen) atoms. The third-order valence-corrected chi connectivity index (χ3v) is 0. The second kappa shape index (κ2) is 60.8. The summed E-state index contributed by atoms with van der Waals surface area (Å²) in [5.74, 6) is 0. The van der Waals surface area contributed by atoms with E-state index in [-0.39, 0.29) is 11.0 Å². The van der Waals surface area contributed by atoms with Crippen LogP contribution in [-0.2, 0) is 0 Å². The number of carbonyl (C=O) groups is 1. The topological polar surface area (TPSA) is 178 Å². The molecule has 0 bridgehead atoms. The smallest absolute Gasteiger partial charge is 0.247 e. The van der Waals surface area contributed by atoms with E-state index in [1.807, 2.05) is 33.0 Å². The van der Waals surface area contributed by atoms with E-state index in [9.17, 15) is 0 Å². The fourth-order valence-electron chi connectivity index (χ4n) is 0. The Bertz CT molecular complexity index is 40.6. The summed E-state index contributed by atoms with van der Waals surface area (Å²) >= 11 is 3.83. The minimum Gasteiger partial charge on any atom is -0.428 e. The van der Waals surface area contributed by atoms with Crippen LogP contribution in [0.5, 0.6) is 0 Å². The number of hydrogen-bond donors (Lipinski definition) is 2. The summed E-state index contributed by atoms with van der Waals surface area (Å²) in [5.41, 5.74) is 0. The maximum atomic E-state index is 8.33. The SMILES string of the molecule is O.O.O=C([O-])[O-].[NH2][Al+2].[NH2][Al]. The van der Waals surface area contributed by atoms with Gasteiger partial charge in [-0.25, -0.2) is 0 Å². The van der Waals surface area contributed by atoms with Gasteiger partial charge in [0.05, 0.1) is 0 Å². The molecule has 0 saturated carbocycles. The third-order valence-electron chi connectivity index (χ3n) is 0. The van der Waals surface area contributed by atoms with E-state index in [4.69, 9.17) is 15.0 Å². The van der Waals surface area contributed by atoms with Crippen LogP contribution in [0.4, 0.5) is 4.79 Å². The molecule has 0 aromatic heterocycles. The fraction of sp³-hybridized carbons (Fsp3) is 0. The van der Waals surface area contributed by atoms with E-state index >= 15 is 0 Å². The van der Waals surface area contributed by atoms with Crippen LogP contribution in [0.3, 0.4) is 0 Å². The van der Waals surface area contributed by atoms with Crippen molar-refractivity contribution in [2.24, 2.45) is 9.43 Å². The van der Waals surface area contributed by atoms with Gasteiger partial charge in [-0.15, -0.1) is 0 Å². The van der Waals surface area contributed by atoms with Crippen LogP contribution < -0.4 is 19.6 Å². The number of nitrogens with two attached hydrogens (primary N) is 2. The molecule has 58 valence electrons. The molecule has 0 atom stereocenters. The fourth-order valence-corrected chi connectivity index (χ4v) is 0. The molecule has 0 aliphatic carbocycles. The summed E-state index contributed by atoms with van der Waals surface area (Å²) in [4.78, 5) is 8.33. The zero-order valence-corrected chi connectivity index (χ0v) is 7.34. The minimum absolute atomic E-state index is 0. The van der Waals surface area contributed by atoms with Crippen LogP contribution in [0.25, 0.3) is 0 Å². The van der Waals surface area contributed by atoms with Gasteiger partial charge in [0.1, 0.15) is 0 Å². The standard InChI is InChI=1S/CH2O3.2Al.2H2N.2H2O/c2-1(3)4;;;;;;/h(H2,2,3,4);;;4*1H2/q;+1;+3;2*-1;;/p-2. The Kier molecular flexibility index (Phi) is 195. The molecule has 0 aliphatic rings. The van der Waals surface area contributed by atoms with Crippen molar-refractivity contribution in [2.45, 2.75) is 0 Å². The number of carboxylic acid groups (broad SMARTS) is 2. The van der Waals surface area contributed by atoms with Crippen LogP contribution >= 0.6 is 0 Å². The van der Waals surface area contributed by atoms with E-state index in [2.05, 4.69) is 9.43 Å². The van der Waals surface area contributed by atoms with E-state index in [0.29, 0.717) is 0 Å². The molecule has 2 radical (unpaired) electrons. The maximum absolute atomic E-state index is 8.33. The Morgan fingerprint density at radius 2 is 1.20 bits per heavy atom. The Labute approximate surface area is 74.9 Å². The van der Waals surface area contributed by atoms with Crippen molar-refractivity contribution in [3.63, 3.8) is 0 Å². The van der Waals surface area contributed by atoms with E-state index in [1.165, 1.54) is 0 Å². The van der Waals surface area contributed by atoms with Gasteiger partial charge in [-0.05, 0) is 6.16 Å². The number of hydrogen-bond acceptors (Lipinski definition) is 5. The van der Waals surface area contributed by atoms with Crippen molar-refractivity contribution in [3.8, 4) is 0 Å². The van der Waals surface area contributed by atoms with Crippen LogP contribution in [0.2, 0.25) is 0 Å². The van der Waals surface area contributed by atoms with Crippen molar-refractivity contribution < 1.29 is 26.0 Å². The van der Waals surface area contributed by atoms with E-state index in [0.717, 1.165) is 0 Å². The predicted octanol–water partition coefficient (Wildman–Crippen LogP) is -6.04. The summed E-state index contributed by atoms with van der Waals surface area (Å²) in [7, 11) is 0. The molecule has 0 aromatic rings. The Hall–Kier alpha value is 0.175. The molecule has 0 amide bonds. The third kappa shape index (κ3) is 13800. The van der Waals surface area contributed by atoms with Gasteiger partial charge in [0.2, 0.25) is 16.5 Å². The second-order valence-electron chi connectivity index (χ2n) is 0.250. The number of rotatable bonds is 0. The van der Waals surface area contributed by atoms with Crippen LogP contribution in [0.1, 0.15) is 0 Å². The summed E-state index contributed by atoms with van der Waals surface area (Å²) in [6.45, 7) is 0. The van der Waals surface area contributed by atoms with Gasteiger partial charge in [-0.2, -0.15) is 0 Å². The molecule has 0 fully saturated rings. The molecular weight excluding hydrogens is 174 g/mol. The normalized spacial score (nSPS) is 3.60. The summed E-state index contributed by atoms with van der Waals surface area (Å²) in [5, 5.41) is 16.7. The Balaban J connectivity index is -0.0000000125. The molecule has 0 heterocycles. The van der Waals surface area contributed by atoms with E-state index < -0.39 is 6.16 Å². The molecule has 9 heteroatoms. The van der Waals surface area contributed by atoms with Crippen LogP contribution in [0.15, 0.2) is 0 Å². The van der Waals surface area contributed by atoms with Crippen LogP contribution in [-0.4, -0.2) is 50.1 Å². The molecular formula is CH8Al2N2O5. The van der Waals surface area contributed by atoms with Crippen molar-refractivity contribution in [1.82, 2.24) is 0 Å². The largest absolute Gasteiger partial charge is 0.428 e. The average molecular weight is 182 g/mol. The summed E-state index contributed by atoms with van der Waals surface area (Å²) < 4.78 is 8.83. The van der Waals surface area contributed by atoms with Gasteiger partial charge >= 0.3 is 21.2 Å². The first-order valence-corrected chi connectivity index (χ1v) is 2.61. The average Bonchev–Trinajstić information content (AvgIpc) is 1.75. The van der Waals surface area contributed by atoms with Gasteiger partial charge in [-0.3, -0.25) is 0 Å². The predicted molar refractivity (Wildman–Crippen MR) is 32.5 cm³/mol. The van der Waals surface area contributed by atoms with Gasteiger partial charge in [-0.1, -0.05) is 0 Å². The first-order valence-electron chi connectivity index (χ1n) is 1.28. The van der Waals surface area contributed by atoms with Crippen molar-refractivity contribution >= 4 is 39.2 Å². The molecule has 0 spiro atoms. The quantitative estimate of drug-likeness (QED) is 0.353. The van der Waals surface area contributed by atoms with Gasteiger partial charge in [0.25, 0.3) is 0 Å². The molecule has 0 saturated heterocycles. The number of carbonyl (C=O) groups excluding carboxylic acids is 1. The minimum atomic E-state index is -2.33. The molecule has 8 N–H and O–H groups in total. The van der Waals surface area contributed by atoms with E-state index in [1.54, 1.807) is 0 Å². The molecule has 0 aliphatic heterocycles. The van der Waals surface area contributed by atoms with Crippen molar-refractivity contribution in [1.29, 1.82) is 0 Å². The summed E-state index contributed by atoms with van der Waals surface area (Å²) in [6.07, 6.45) is -2.33. The molecule has 7 nitrogen and oxygen atoms in total. The monoisotopic (exact) mass is 182 g/mol. The van der Waals surface area contributed by atoms with Gasteiger partial charge in [0.15, 0.2) is 0 Å². The second-order valence-corrected chi connectivity index (χ2v) is 0.250. The van der Waals surface area contributed by atoms with Gasteiger partial charge in [0, 0.05) is 0 Å². The van der Waals surface area contributed by atoms with Crippen molar-refractivity contribution in [3.05, 3.63) is 0 Å². The molecule has 0 unspecified atom stereocenters. The molecule has 0 rings (SSSR count). The Morgan fingerprint density at radius 1 is 1.20 bits per heavy atom.